The molecule has 0 amide bonds. The van der Waals surface area contributed by atoms with Crippen molar-refractivity contribution >= 4 is 0 Å². The van der Waals surface area contributed by atoms with Crippen molar-refractivity contribution in [3.05, 3.63) is 17.8 Å². The second-order valence-corrected chi connectivity index (χ2v) is 5.82. The molecule has 2 rings (SSSR count). The Kier molecular flexibility index (Phi) is 3.54. The van der Waals surface area contributed by atoms with E-state index in [1.165, 1.54) is 6.39 Å². The zero-order chi connectivity index (χ0) is 12.5. The molecule has 0 saturated carbocycles. The molecule has 0 bridgehead atoms. The Morgan fingerprint density at radius 1 is 1.47 bits per heavy atom. The summed E-state index contributed by atoms with van der Waals surface area (Å²) in [5.41, 5.74) is 1.05. The average Bonchev–Trinajstić information content (AvgIpc) is 2.81. The SMILES string of the molecule is CC1CCOC1c1ocnc1CNC(C)(C)C. The third-order valence-electron chi connectivity index (χ3n) is 3.10. The lowest BCUT2D eigenvalue weighted by molar-refractivity contribution is 0.0748. The molecule has 1 saturated heterocycles. The van der Waals surface area contributed by atoms with E-state index in [0.29, 0.717) is 5.92 Å². The van der Waals surface area contributed by atoms with Gasteiger partial charge in [0, 0.05) is 18.7 Å². The molecule has 17 heavy (non-hydrogen) atoms. The summed E-state index contributed by atoms with van der Waals surface area (Å²) < 4.78 is 11.2. The number of ether oxygens (including phenoxy) is 1. The highest BCUT2D eigenvalue weighted by atomic mass is 16.5. The molecule has 1 aromatic heterocycles. The van der Waals surface area contributed by atoms with Crippen LogP contribution >= 0.6 is 0 Å². The molecule has 2 unspecified atom stereocenters. The second-order valence-electron chi connectivity index (χ2n) is 5.82. The van der Waals surface area contributed by atoms with Gasteiger partial charge in [0.1, 0.15) is 6.10 Å². The normalized spacial score (nSPS) is 25.4. The quantitative estimate of drug-likeness (QED) is 0.879. The molecule has 2 atom stereocenters. The molecular weight excluding hydrogens is 216 g/mol. The Hall–Kier alpha value is -0.870. The van der Waals surface area contributed by atoms with Crippen LogP contribution in [0.25, 0.3) is 0 Å². The van der Waals surface area contributed by atoms with Crippen LogP contribution in [-0.2, 0) is 11.3 Å². The van der Waals surface area contributed by atoms with Crippen molar-refractivity contribution in [2.45, 2.75) is 52.3 Å². The number of nitrogens with one attached hydrogen (secondary N) is 1. The molecule has 1 aliphatic rings. The standard InChI is InChI=1S/C13H22N2O2/c1-9-5-6-16-11(9)12-10(14-8-17-12)7-15-13(2,3)4/h8-9,11,15H,5-7H2,1-4H3. The number of oxazole rings is 1. The van der Waals surface area contributed by atoms with Crippen LogP contribution in [0.4, 0.5) is 0 Å². The Balaban J connectivity index is 2.06. The van der Waals surface area contributed by atoms with Crippen molar-refractivity contribution in [3.63, 3.8) is 0 Å². The van der Waals surface area contributed by atoms with Crippen molar-refractivity contribution in [2.24, 2.45) is 5.92 Å². The summed E-state index contributed by atoms with van der Waals surface area (Å²) in [6, 6.07) is 0. The van der Waals surface area contributed by atoms with Crippen LogP contribution in [0.2, 0.25) is 0 Å². The van der Waals surface area contributed by atoms with E-state index in [1.54, 1.807) is 0 Å². The molecule has 0 aromatic carbocycles. The topological polar surface area (TPSA) is 47.3 Å². The maximum absolute atomic E-state index is 5.72. The van der Waals surface area contributed by atoms with Crippen molar-refractivity contribution in [3.8, 4) is 0 Å². The van der Waals surface area contributed by atoms with Gasteiger partial charge in [-0.25, -0.2) is 4.98 Å². The summed E-state index contributed by atoms with van der Waals surface area (Å²) in [6.45, 7) is 10.2. The molecule has 1 N–H and O–H groups in total. The molecule has 2 heterocycles. The van der Waals surface area contributed by atoms with E-state index in [1.807, 2.05) is 0 Å². The predicted molar refractivity (Wildman–Crippen MR) is 65.6 cm³/mol. The molecule has 0 radical (unpaired) electrons. The fraction of sp³-hybridized carbons (Fsp3) is 0.769. The summed E-state index contributed by atoms with van der Waals surface area (Å²) in [5.74, 6) is 1.41. The summed E-state index contributed by atoms with van der Waals surface area (Å²) in [7, 11) is 0. The van der Waals surface area contributed by atoms with Gasteiger partial charge in [0.25, 0.3) is 0 Å². The zero-order valence-electron chi connectivity index (χ0n) is 11.1. The summed E-state index contributed by atoms with van der Waals surface area (Å²) in [5, 5.41) is 3.42. The van der Waals surface area contributed by atoms with Crippen LogP contribution in [0.3, 0.4) is 0 Å². The second kappa shape index (κ2) is 4.78. The fourth-order valence-electron chi connectivity index (χ4n) is 2.02. The van der Waals surface area contributed by atoms with Crippen molar-refractivity contribution < 1.29 is 9.15 Å². The summed E-state index contributed by atoms with van der Waals surface area (Å²) >= 11 is 0. The van der Waals surface area contributed by atoms with Gasteiger partial charge in [0.2, 0.25) is 0 Å². The van der Waals surface area contributed by atoms with Gasteiger partial charge in [0.05, 0.1) is 5.69 Å². The molecule has 1 fully saturated rings. The van der Waals surface area contributed by atoms with Crippen molar-refractivity contribution in [2.75, 3.05) is 6.61 Å². The first-order chi connectivity index (χ1) is 7.97. The maximum Gasteiger partial charge on any atom is 0.181 e. The van der Waals surface area contributed by atoms with E-state index < -0.39 is 0 Å². The fourth-order valence-corrected chi connectivity index (χ4v) is 2.02. The van der Waals surface area contributed by atoms with E-state index in [-0.39, 0.29) is 11.6 Å². The van der Waals surface area contributed by atoms with Crippen LogP contribution in [0.1, 0.15) is 51.7 Å². The van der Waals surface area contributed by atoms with Gasteiger partial charge in [-0.15, -0.1) is 0 Å². The van der Waals surface area contributed by atoms with Crippen molar-refractivity contribution in [1.82, 2.24) is 10.3 Å². The first-order valence-corrected chi connectivity index (χ1v) is 6.26. The van der Waals surface area contributed by atoms with E-state index in [0.717, 1.165) is 31.0 Å². The third kappa shape index (κ3) is 3.07. The van der Waals surface area contributed by atoms with Gasteiger partial charge >= 0.3 is 0 Å². The highest BCUT2D eigenvalue weighted by Gasteiger charge is 2.31. The largest absolute Gasteiger partial charge is 0.445 e. The number of rotatable bonds is 3. The summed E-state index contributed by atoms with van der Waals surface area (Å²) in [4.78, 5) is 4.29. The van der Waals surface area contributed by atoms with E-state index in [2.05, 4.69) is 38.0 Å². The van der Waals surface area contributed by atoms with Crippen LogP contribution in [0.5, 0.6) is 0 Å². The lowest BCUT2D eigenvalue weighted by atomic mass is 10.0. The number of hydrogen-bond donors (Lipinski definition) is 1. The number of nitrogens with zero attached hydrogens (tertiary/aromatic N) is 1. The molecule has 1 aliphatic heterocycles. The monoisotopic (exact) mass is 238 g/mol. The van der Waals surface area contributed by atoms with Gasteiger partial charge in [-0.3, -0.25) is 0 Å². The van der Waals surface area contributed by atoms with Crippen LogP contribution in [0.15, 0.2) is 10.8 Å². The Labute approximate surface area is 103 Å². The first kappa shape index (κ1) is 12.6. The van der Waals surface area contributed by atoms with Crippen molar-refractivity contribution in [1.29, 1.82) is 0 Å². The van der Waals surface area contributed by atoms with Gasteiger partial charge in [-0.05, 0) is 33.1 Å². The molecular formula is C13H22N2O2. The Morgan fingerprint density at radius 3 is 2.82 bits per heavy atom. The number of hydrogen-bond acceptors (Lipinski definition) is 4. The average molecular weight is 238 g/mol. The van der Waals surface area contributed by atoms with Crippen LogP contribution in [-0.4, -0.2) is 17.1 Å². The molecule has 1 aromatic rings. The Morgan fingerprint density at radius 2 is 2.24 bits per heavy atom. The molecule has 0 spiro atoms. The summed E-state index contributed by atoms with van der Waals surface area (Å²) in [6.07, 6.45) is 2.69. The lowest BCUT2D eigenvalue weighted by Gasteiger charge is -2.20. The number of aromatic nitrogens is 1. The molecule has 4 nitrogen and oxygen atoms in total. The van der Waals surface area contributed by atoms with Crippen LogP contribution < -0.4 is 5.32 Å². The predicted octanol–water partition coefficient (Wildman–Crippen LogP) is 2.66. The van der Waals surface area contributed by atoms with E-state index in [9.17, 15) is 0 Å². The third-order valence-corrected chi connectivity index (χ3v) is 3.10. The Bertz CT molecular complexity index is 368. The maximum atomic E-state index is 5.72. The van der Waals surface area contributed by atoms with Gasteiger partial charge < -0.3 is 14.5 Å². The first-order valence-electron chi connectivity index (χ1n) is 6.26. The van der Waals surface area contributed by atoms with Gasteiger partial charge in [-0.1, -0.05) is 6.92 Å². The molecule has 0 aliphatic carbocycles. The highest BCUT2D eigenvalue weighted by Crippen LogP contribution is 2.35. The zero-order valence-corrected chi connectivity index (χ0v) is 11.1. The van der Waals surface area contributed by atoms with Crippen LogP contribution in [0, 0.1) is 5.92 Å². The van der Waals surface area contributed by atoms with Gasteiger partial charge in [0.15, 0.2) is 12.2 Å². The molecule has 4 heteroatoms. The van der Waals surface area contributed by atoms with E-state index in [4.69, 9.17) is 9.15 Å². The minimum Gasteiger partial charge on any atom is -0.445 e. The van der Waals surface area contributed by atoms with E-state index >= 15 is 0 Å². The lowest BCUT2D eigenvalue weighted by Crippen LogP contribution is -2.35. The van der Waals surface area contributed by atoms with Gasteiger partial charge in [-0.2, -0.15) is 0 Å². The minimum absolute atomic E-state index is 0.0780. The minimum atomic E-state index is 0.0780. The highest BCUT2D eigenvalue weighted by molar-refractivity contribution is 5.12. The smallest absolute Gasteiger partial charge is 0.181 e. The molecule has 96 valence electrons.